The molecule has 1 fully saturated rings. The number of benzene rings is 1. The van der Waals surface area contributed by atoms with Gasteiger partial charge in [-0.1, -0.05) is 25.5 Å². The molecule has 136 valence electrons. The molecular formula is C19H27N3O3. The molecule has 0 unspecified atom stereocenters. The van der Waals surface area contributed by atoms with Crippen LogP contribution in [-0.2, 0) is 16.0 Å². The standard InChI is InChI=1S/C19H27N3O3/c1-4-5-7-14-9-11-15(12-10-14)20-16(23)8-6-13-22-17(24)19(2,3)21-18(22)25/h9-12H,4-8,13H2,1-3H3,(H,20,23)(H,21,25). The summed E-state index contributed by atoms with van der Waals surface area (Å²) in [6.07, 6.45) is 4.07. The Morgan fingerprint density at radius 1 is 1.16 bits per heavy atom. The number of nitrogens with one attached hydrogen (secondary N) is 2. The highest BCUT2D eigenvalue weighted by Crippen LogP contribution is 2.17. The van der Waals surface area contributed by atoms with Crippen LogP contribution in [-0.4, -0.2) is 34.8 Å². The smallest absolute Gasteiger partial charge is 0.325 e. The van der Waals surface area contributed by atoms with Gasteiger partial charge in [0.25, 0.3) is 5.91 Å². The first-order chi connectivity index (χ1) is 11.8. The number of urea groups is 1. The number of amides is 4. The van der Waals surface area contributed by atoms with Crippen molar-refractivity contribution in [3.63, 3.8) is 0 Å². The van der Waals surface area contributed by atoms with Crippen molar-refractivity contribution in [1.82, 2.24) is 10.2 Å². The van der Waals surface area contributed by atoms with Crippen LogP contribution >= 0.6 is 0 Å². The van der Waals surface area contributed by atoms with E-state index in [2.05, 4.69) is 17.6 Å². The van der Waals surface area contributed by atoms with Gasteiger partial charge in [0.1, 0.15) is 5.54 Å². The minimum atomic E-state index is -0.862. The van der Waals surface area contributed by atoms with Crippen molar-refractivity contribution >= 4 is 23.5 Å². The highest BCUT2D eigenvalue weighted by atomic mass is 16.2. The zero-order valence-electron chi connectivity index (χ0n) is 15.2. The predicted molar refractivity (Wildman–Crippen MR) is 97.2 cm³/mol. The molecule has 25 heavy (non-hydrogen) atoms. The number of unbranched alkanes of at least 4 members (excludes halogenated alkanes) is 1. The lowest BCUT2D eigenvalue weighted by Gasteiger charge is -2.15. The molecule has 6 nitrogen and oxygen atoms in total. The van der Waals surface area contributed by atoms with Crippen LogP contribution in [0.1, 0.15) is 52.0 Å². The van der Waals surface area contributed by atoms with Gasteiger partial charge in [-0.3, -0.25) is 14.5 Å². The normalized spacial score (nSPS) is 16.0. The second-order valence-corrected chi connectivity index (χ2v) is 6.96. The van der Waals surface area contributed by atoms with Crippen LogP contribution in [0.15, 0.2) is 24.3 Å². The van der Waals surface area contributed by atoms with E-state index in [-0.39, 0.29) is 24.8 Å². The topological polar surface area (TPSA) is 78.5 Å². The Morgan fingerprint density at radius 3 is 2.40 bits per heavy atom. The molecule has 0 spiro atoms. The van der Waals surface area contributed by atoms with E-state index in [1.54, 1.807) is 13.8 Å². The summed E-state index contributed by atoms with van der Waals surface area (Å²) >= 11 is 0. The highest BCUT2D eigenvalue weighted by molar-refractivity contribution is 6.06. The van der Waals surface area contributed by atoms with E-state index in [1.165, 1.54) is 10.5 Å². The molecule has 0 atom stereocenters. The Labute approximate surface area is 149 Å². The van der Waals surface area contributed by atoms with Gasteiger partial charge in [-0.25, -0.2) is 4.79 Å². The Bertz CT molecular complexity index is 638. The third-order valence-electron chi connectivity index (χ3n) is 4.29. The minimum Gasteiger partial charge on any atom is -0.326 e. The van der Waals surface area contributed by atoms with Gasteiger partial charge in [0.2, 0.25) is 5.91 Å². The maximum atomic E-state index is 12.1. The van der Waals surface area contributed by atoms with Gasteiger partial charge in [-0.05, 0) is 50.8 Å². The largest absolute Gasteiger partial charge is 0.326 e. The van der Waals surface area contributed by atoms with Crippen molar-refractivity contribution in [3.05, 3.63) is 29.8 Å². The third kappa shape index (κ3) is 5.05. The van der Waals surface area contributed by atoms with Crippen LogP contribution < -0.4 is 10.6 Å². The molecule has 0 saturated carbocycles. The molecule has 1 saturated heterocycles. The number of carbonyl (C=O) groups is 3. The lowest BCUT2D eigenvalue weighted by atomic mass is 10.1. The van der Waals surface area contributed by atoms with Gasteiger partial charge in [-0.2, -0.15) is 0 Å². The van der Waals surface area contributed by atoms with Crippen molar-refractivity contribution in [2.45, 2.75) is 58.4 Å². The van der Waals surface area contributed by atoms with Gasteiger partial charge in [0.05, 0.1) is 0 Å². The van der Waals surface area contributed by atoms with Crippen molar-refractivity contribution in [2.75, 3.05) is 11.9 Å². The molecule has 0 aliphatic carbocycles. The molecule has 1 heterocycles. The molecule has 0 aromatic heterocycles. The van der Waals surface area contributed by atoms with Gasteiger partial charge < -0.3 is 10.6 Å². The van der Waals surface area contributed by atoms with E-state index in [0.717, 1.165) is 24.9 Å². The third-order valence-corrected chi connectivity index (χ3v) is 4.29. The van der Waals surface area contributed by atoms with E-state index in [4.69, 9.17) is 0 Å². The molecular weight excluding hydrogens is 318 g/mol. The van der Waals surface area contributed by atoms with Crippen LogP contribution in [0.3, 0.4) is 0 Å². The Hall–Kier alpha value is -2.37. The van der Waals surface area contributed by atoms with E-state index < -0.39 is 11.6 Å². The Kier molecular flexibility index (Phi) is 6.17. The lowest BCUT2D eigenvalue weighted by Crippen LogP contribution is -2.40. The van der Waals surface area contributed by atoms with Crippen LogP contribution in [0.4, 0.5) is 10.5 Å². The molecule has 2 N–H and O–H groups in total. The molecule has 1 aromatic rings. The predicted octanol–water partition coefficient (Wildman–Crippen LogP) is 3.08. The van der Waals surface area contributed by atoms with Crippen LogP contribution in [0.25, 0.3) is 0 Å². The van der Waals surface area contributed by atoms with Crippen molar-refractivity contribution in [2.24, 2.45) is 0 Å². The van der Waals surface area contributed by atoms with Gasteiger partial charge in [0.15, 0.2) is 0 Å². The molecule has 6 heteroatoms. The SMILES string of the molecule is CCCCc1ccc(NC(=O)CCCN2C(=O)NC(C)(C)C2=O)cc1. The van der Waals surface area contributed by atoms with Crippen molar-refractivity contribution in [3.8, 4) is 0 Å². The Balaban J connectivity index is 1.76. The van der Waals surface area contributed by atoms with Gasteiger partial charge in [0, 0.05) is 18.7 Å². The number of aryl methyl sites for hydroxylation is 1. The number of hydrogen-bond donors (Lipinski definition) is 2. The Morgan fingerprint density at radius 2 is 1.84 bits per heavy atom. The maximum Gasteiger partial charge on any atom is 0.325 e. The summed E-state index contributed by atoms with van der Waals surface area (Å²) in [6.45, 7) is 5.75. The number of nitrogens with zero attached hydrogens (tertiary/aromatic N) is 1. The zero-order chi connectivity index (χ0) is 18.4. The monoisotopic (exact) mass is 345 g/mol. The number of carbonyl (C=O) groups excluding carboxylic acids is 3. The first-order valence-corrected chi connectivity index (χ1v) is 8.86. The molecule has 0 radical (unpaired) electrons. The summed E-state index contributed by atoms with van der Waals surface area (Å²) in [6, 6.07) is 7.48. The van der Waals surface area contributed by atoms with Crippen LogP contribution in [0.5, 0.6) is 0 Å². The summed E-state index contributed by atoms with van der Waals surface area (Å²) < 4.78 is 0. The molecule has 2 rings (SSSR count). The fraction of sp³-hybridized carbons (Fsp3) is 0.526. The summed E-state index contributed by atoms with van der Waals surface area (Å²) in [5, 5.41) is 5.47. The average Bonchev–Trinajstić information content (AvgIpc) is 2.75. The molecule has 0 bridgehead atoms. The second kappa shape index (κ2) is 8.14. The molecule has 1 aliphatic heterocycles. The fourth-order valence-electron chi connectivity index (χ4n) is 2.78. The van der Waals surface area contributed by atoms with Crippen LogP contribution in [0.2, 0.25) is 0 Å². The number of hydrogen-bond acceptors (Lipinski definition) is 3. The minimum absolute atomic E-state index is 0.118. The zero-order valence-corrected chi connectivity index (χ0v) is 15.2. The van der Waals surface area contributed by atoms with E-state index in [9.17, 15) is 14.4 Å². The number of rotatable bonds is 8. The highest BCUT2D eigenvalue weighted by Gasteiger charge is 2.43. The van der Waals surface area contributed by atoms with Crippen LogP contribution in [0, 0.1) is 0 Å². The van der Waals surface area contributed by atoms with E-state index >= 15 is 0 Å². The average molecular weight is 345 g/mol. The number of imide groups is 1. The first kappa shape index (κ1) is 19.0. The second-order valence-electron chi connectivity index (χ2n) is 6.96. The number of anilines is 1. The summed E-state index contributed by atoms with van der Waals surface area (Å²) in [4.78, 5) is 37.0. The van der Waals surface area contributed by atoms with Crippen molar-refractivity contribution in [1.29, 1.82) is 0 Å². The van der Waals surface area contributed by atoms with Gasteiger partial charge >= 0.3 is 6.03 Å². The molecule has 1 aliphatic rings. The molecule has 1 aromatic carbocycles. The summed E-state index contributed by atoms with van der Waals surface area (Å²) in [7, 11) is 0. The first-order valence-electron chi connectivity index (χ1n) is 8.86. The van der Waals surface area contributed by atoms with E-state index in [1.807, 2.05) is 24.3 Å². The summed E-state index contributed by atoms with van der Waals surface area (Å²) in [5.41, 5.74) is 1.17. The molecule has 4 amide bonds. The van der Waals surface area contributed by atoms with Crippen molar-refractivity contribution < 1.29 is 14.4 Å². The fourth-order valence-corrected chi connectivity index (χ4v) is 2.78. The quantitative estimate of drug-likeness (QED) is 0.711. The lowest BCUT2D eigenvalue weighted by molar-refractivity contribution is -0.130. The maximum absolute atomic E-state index is 12.1. The van der Waals surface area contributed by atoms with E-state index in [0.29, 0.717) is 6.42 Å². The summed E-state index contributed by atoms with van der Waals surface area (Å²) in [5.74, 6) is -0.367. The van der Waals surface area contributed by atoms with Gasteiger partial charge in [-0.15, -0.1) is 0 Å².